The molecule has 100 valence electrons. The molecule has 0 aromatic heterocycles. The van der Waals surface area contributed by atoms with Crippen molar-refractivity contribution in [2.45, 2.75) is 13.0 Å². The van der Waals surface area contributed by atoms with Crippen molar-refractivity contribution >= 4 is 23.0 Å². The van der Waals surface area contributed by atoms with Gasteiger partial charge in [0, 0.05) is 12.1 Å². The molecule has 2 aromatic carbocycles. The Bertz CT molecular complexity index is 569. The number of hydrogen-bond acceptors (Lipinski definition) is 2. The molecule has 0 radical (unpaired) electrons. The Morgan fingerprint density at radius 3 is 2.37 bits per heavy atom. The lowest BCUT2D eigenvalue weighted by Crippen LogP contribution is -2.22. The Hall–Kier alpha value is -1.74. The van der Waals surface area contributed by atoms with Gasteiger partial charge in [0.15, 0.2) is 0 Å². The maximum atomic E-state index is 13.1. The topological polar surface area (TPSA) is 29.3 Å². The summed E-state index contributed by atoms with van der Waals surface area (Å²) >= 11 is 5.88. The first-order valence-electron chi connectivity index (χ1n) is 6.02. The van der Waals surface area contributed by atoms with E-state index in [2.05, 4.69) is 6.92 Å². The Morgan fingerprint density at radius 2 is 1.79 bits per heavy atom. The first-order chi connectivity index (χ1) is 8.99. The third-order valence-electron chi connectivity index (χ3n) is 3.30. The lowest BCUT2D eigenvalue weighted by Gasteiger charge is -2.28. The second-order valence-corrected chi connectivity index (χ2v) is 4.98. The summed E-state index contributed by atoms with van der Waals surface area (Å²) in [6.45, 7) is 2.06. The average molecular weight is 279 g/mol. The number of nitrogen functional groups attached to an aromatic ring is 1. The van der Waals surface area contributed by atoms with Crippen LogP contribution in [0, 0.1) is 5.82 Å². The first-order valence-corrected chi connectivity index (χ1v) is 6.40. The Balaban J connectivity index is 2.27. The predicted octanol–water partition coefficient (Wildman–Crippen LogP) is 4.26. The van der Waals surface area contributed by atoms with Gasteiger partial charge >= 0.3 is 0 Å². The van der Waals surface area contributed by atoms with Crippen molar-refractivity contribution in [3.63, 3.8) is 0 Å². The fourth-order valence-corrected chi connectivity index (χ4v) is 2.15. The highest BCUT2D eigenvalue weighted by Crippen LogP contribution is 2.30. The number of benzene rings is 2. The summed E-state index contributed by atoms with van der Waals surface area (Å²) in [5.41, 5.74) is 8.22. The van der Waals surface area contributed by atoms with Crippen LogP contribution in [0.25, 0.3) is 0 Å². The van der Waals surface area contributed by atoms with E-state index in [1.807, 2.05) is 36.2 Å². The zero-order chi connectivity index (χ0) is 14.0. The number of halogens is 2. The minimum atomic E-state index is -0.325. The van der Waals surface area contributed by atoms with Crippen LogP contribution in [0.4, 0.5) is 15.8 Å². The summed E-state index contributed by atoms with van der Waals surface area (Å²) in [6, 6.07) is 12.2. The molecule has 0 saturated carbocycles. The van der Waals surface area contributed by atoms with E-state index >= 15 is 0 Å². The van der Waals surface area contributed by atoms with Crippen LogP contribution >= 0.6 is 11.6 Å². The van der Waals surface area contributed by atoms with Crippen LogP contribution in [0.1, 0.15) is 18.5 Å². The van der Waals surface area contributed by atoms with Crippen LogP contribution in [0.2, 0.25) is 5.02 Å². The molecule has 2 rings (SSSR count). The van der Waals surface area contributed by atoms with Crippen molar-refractivity contribution in [1.82, 2.24) is 0 Å². The lowest BCUT2D eigenvalue weighted by atomic mass is 10.1. The first kappa shape index (κ1) is 13.7. The summed E-state index contributed by atoms with van der Waals surface area (Å²) in [7, 11) is 1.93. The van der Waals surface area contributed by atoms with Gasteiger partial charge in [-0.3, -0.25) is 0 Å². The molecule has 0 bridgehead atoms. The van der Waals surface area contributed by atoms with E-state index in [9.17, 15) is 4.39 Å². The van der Waals surface area contributed by atoms with E-state index in [0.717, 1.165) is 11.3 Å². The standard InChI is InChI=1S/C15H16ClFN2/c1-10(11-3-5-12(16)6-4-11)19(2)15-8-7-13(17)9-14(15)18/h3-10H,18H2,1-2H3. The molecule has 2 N–H and O–H groups in total. The molecule has 1 unspecified atom stereocenters. The van der Waals surface area contributed by atoms with E-state index in [0.29, 0.717) is 10.7 Å². The highest BCUT2D eigenvalue weighted by molar-refractivity contribution is 6.30. The zero-order valence-electron chi connectivity index (χ0n) is 10.9. The molecule has 0 aliphatic heterocycles. The fraction of sp³-hybridized carbons (Fsp3) is 0.200. The molecule has 0 heterocycles. The Morgan fingerprint density at radius 1 is 1.16 bits per heavy atom. The van der Waals surface area contributed by atoms with Gasteiger partial charge in [-0.25, -0.2) is 4.39 Å². The SMILES string of the molecule is CC(c1ccc(Cl)cc1)N(C)c1ccc(F)cc1N. The van der Waals surface area contributed by atoms with E-state index in [1.54, 1.807) is 6.07 Å². The van der Waals surface area contributed by atoms with Crippen molar-refractivity contribution in [3.8, 4) is 0 Å². The van der Waals surface area contributed by atoms with Crippen LogP contribution in [0.5, 0.6) is 0 Å². The third kappa shape index (κ3) is 2.99. The summed E-state index contributed by atoms with van der Waals surface area (Å²) in [5, 5.41) is 0.708. The van der Waals surface area contributed by atoms with Gasteiger partial charge in [-0.1, -0.05) is 23.7 Å². The van der Waals surface area contributed by atoms with Gasteiger partial charge in [-0.15, -0.1) is 0 Å². The van der Waals surface area contributed by atoms with E-state index < -0.39 is 0 Å². The molecule has 19 heavy (non-hydrogen) atoms. The maximum absolute atomic E-state index is 13.1. The van der Waals surface area contributed by atoms with Gasteiger partial charge in [0.25, 0.3) is 0 Å². The van der Waals surface area contributed by atoms with Crippen molar-refractivity contribution in [1.29, 1.82) is 0 Å². The minimum Gasteiger partial charge on any atom is -0.397 e. The Labute approximate surface area is 117 Å². The quantitative estimate of drug-likeness (QED) is 0.850. The summed E-state index contributed by atoms with van der Waals surface area (Å²) < 4.78 is 13.1. The summed E-state index contributed by atoms with van der Waals surface area (Å²) in [6.07, 6.45) is 0. The molecule has 0 fully saturated rings. The van der Waals surface area contributed by atoms with Gasteiger partial charge in [0.1, 0.15) is 5.82 Å². The molecular weight excluding hydrogens is 263 g/mol. The highest BCUT2D eigenvalue weighted by Gasteiger charge is 2.14. The smallest absolute Gasteiger partial charge is 0.125 e. The number of hydrogen-bond donors (Lipinski definition) is 1. The molecule has 1 atom stereocenters. The van der Waals surface area contributed by atoms with Crippen LogP contribution in [0.3, 0.4) is 0 Å². The predicted molar refractivity (Wildman–Crippen MR) is 79.1 cm³/mol. The monoisotopic (exact) mass is 278 g/mol. The lowest BCUT2D eigenvalue weighted by molar-refractivity contribution is 0.627. The van der Waals surface area contributed by atoms with Crippen molar-refractivity contribution < 1.29 is 4.39 Å². The average Bonchev–Trinajstić information content (AvgIpc) is 2.38. The number of rotatable bonds is 3. The van der Waals surface area contributed by atoms with Crippen molar-refractivity contribution in [3.05, 3.63) is 58.9 Å². The third-order valence-corrected chi connectivity index (χ3v) is 3.55. The minimum absolute atomic E-state index is 0.116. The normalized spacial score (nSPS) is 12.2. The van der Waals surface area contributed by atoms with E-state index in [1.165, 1.54) is 12.1 Å². The number of anilines is 2. The summed E-state index contributed by atoms with van der Waals surface area (Å²) in [4.78, 5) is 2.01. The van der Waals surface area contributed by atoms with Crippen molar-refractivity contribution in [2.75, 3.05) is 17.7 Å². The van der Waals surface area contributed by atoms with Crippen LogP contribution in [-0.4, -0.2) is 7.05 Å². The fourth-order valence-electron chi connectivity index (χ4n) is 2.02. The van der Waals surface area contributed by atoms with Gasteiger partial charge < -0.3 is 10.6 Å². The van der Waals surface area contributed by atoms with Gasteiger partial charge in [0.05, 0.1) is 17.4 Å². The van der Waals surface area contributed by atoms with E-state index in [4.69, 9.17) is 17.3 Å². The van der Waals surface area contributed by atoms with Crippen LogP contribution in [-0.2, 0) is 0 Å². The highest BCUT2D eigenvalue weighted by atomic mass is 35.5. The summed E-state index contributed by atoms with van der Waals surface area (Å²) in [5.74, 6) is -0.325. The van der Waals surface area contributed by atoms with Crippen LogP contribution in [0.15, 0.2) is 42.5 Å². The molecule has 0 saturated heterocycles. The van der Waals surface area contributed by atoms with E-state index in [-0.39, 0.29) is 11.9 Å². The second kappa shape index (κ2) is 5.49. The Kier molecular flexibility index (Phi) is 3.96. The molecule has 4 heteroatoms. The molecular formula is C15H16ClFN2. The molecule has 0 aliphatic rings. The molecule has 0 amide bonds. The number of nitrogens with zero attached hydrogens (tertiary/aromatic N) is 1. The molecule has 2 nitrogen and oxygen atoms in total. The molecule has 0 aliphatic carbocycles. The van der Waals surface area contributed by atoms with Gasteiger partial charge in [0.2, 0.25) is 0 Å². The van der Waals surface area contributed by atoms with Crippen LogP contribution < -0.4 is 10.6 Å². The molecule has 2 aromatic rings. The van der Waals surface area contributed by atoms with Crippen molar-refractivity contribution in [2.24, 2.45) is 0 Å². The number of nitrogens with two attached hydrogens (primary N) is 1. The van der Waals surface area contributed by atoms with Gasteiger partial charge in [-0.05, 0) is 42.8 Å². The maximum Gasteiger partial charge on any atom is 0.125 e. The second-order valence-electron chi connectivity index (χ2n) is 4.54. The largest absolute Gasteiger partial charge is 0.397 e. The zero-order valence-corrected chi connectivity index (χ0v) is 11.7. The molecule has 0 spiro atoms. The van der Waals surface area contributed by atoms with Gasteiger partial charge in [-0.2, -0.15) is 0 Å².